The highest BCUT2D eigenvalue weighted by atomic mass is 35.5. The lowest BCUT2D eigenvalue weighted by Gasteiger charge is -2.14. The average molecular weight is 377 g/mol. The third-order valence-electron chi connectivity index (χ3n) is 3.72. The Hall–Kier alpha value is -2.16. The summed E-state index contributed by atoms with van der Waals surface area (Å²) < 4.78 is 13.1. The first-order chi connectivity index (χ1) is 12.2. The van der Waals surface area contributed by atoms with Crippen molar-refractivity contribution in [3.63, 3.8) is 0 Å². The first-order valence-electron chi connectivity index (χ1n) is 7.54. The molecule has 2 atom stereocenters. The molecule has 0 saturated carbocycles. The topological polar surface area (TPSA) is 79.1 Å². The van der Waals surface area contributed by atoms with Crippen LogP contribution in [0.5, 0.6) is 0 Å². The minimum absolute atomic E-state index is 0.178. The number of halogens is 1. The van der Waals surface area contributed by atoms with Gasteiger partial charge in [0.2, 0.25) is 0 Å². The SMILES string of the molecule is O=C(OCC1OC(n2cnc3c(Cl)ncnc32)CS1)c1ccccc1. The summed E-state index contributed by atoms with van der Waals surface area (Å²) in [7, 11) is 0. The van der Waals surface area contributed by atoms with E-state index in [0.29, 0.717) is 27.6 Å². The number of fused-ring (bicyclic) bond motifs is 1. The second-order valence-electron chi connectivity index (χ2n) is 5.31. The zero-order valence-electron chi connectivity index (χ0n) is 12.9. The number of ether oxygens (including phenoxy) is 2. The second kappa shape index (κ2) is 6.99. The van der Waals surface area contributed by atoms with Crippen molar-refractivity contribution >= 4 is 40.5 Å². The van der Waals surface area contributed by atoms with Gasteiger partial charge in [-0.3, -0.25) is 4.57 Å². The third kappa shape index (κ3) is 3.33. The fraction of sp³-hybridized carbons (Fsp3) is 0.250. The predicted molar refractivity (Wildman–Crippen MR) is 93.4 cm³/mol. The summed E-state index contributed by atoms with van der Waals surface area (Å²) >= 11 is 7.59. The number of aromatic nitrogens is 4. The van der Waals surface area contributed by atoms with E-state index in [1.807, 2.05) is 10.6 Å². The average Bonchev–Trinajstić information content (AvgIpc) is 3.27. The summed E-state index contributed by atoms with van der Waals surface area (Å²) in [5.74, 6) is 0.335. The van der Waals surface area contributed by atoms with E-state index in [0.717, 1.165) is 0 Å². The number of hydrogen-bond acceptors (Lipinski definition) is 7. The monoisotopic (exact) mass is 376 g/mol. The fourth-order valence-corrected chi connectivity index (χ4v) is 3.68. The number of rotatable bonds is 4. The summed E-state index contributed by atoms with van der Waals surface area (Å²) in [6.45, 7) is 0.178. The van der Waals surface area contributed by atoms with Crippen LogP contribution in [0, 0.1) is 0 Å². The molecule has 3 aromatic rings. The summed E-state index contributed by atoms with van der Waals surface area (Å²) in [4.78, 5) is 24.4. The molecule has 128 valence electrons. The minimum atomic E-state index is -0.360. The van der Waals surface area contributed by atoms with Crippen LogP contribution < -0.4 is 0 Å². The molecule has 1 aliphatic heterocycles. The highest BCUT2D eigenvalue weighted by molar-refractivity contribution is 8.00. The van der Waals surface area contributed by atoms with Gasteiger partial charge in [0.1, 0.15) is 30.1 Å². The van der Waals surface area contributed by atoms with Crippen molar-refractivity contribution < 1.29 is 14.3 Å². The van der Waals surface area contributed by atoms with Crippen molar-refractivity contribution in [2.24, 2.45) is 0 Å². The molecule has 4 rings (SSSR count). The molecule has 0 bridgehead atoms. The number of benzene rings is 1. The van der Waals surface area contributed by atoms with E-state index in [9.17, 15) is 4.79 Å². The van der Waals surface area contributed by atoms with Crippen LogP contribution in [0.2, 0.25) is 5.15 Å². The lowest BCUT2D eigenvalue weighted by Crippen LogP contribution is -2.18. The first-order valence-corrected chi connectivity index (χ1v) is 8.97. The highest BCUT2D eigenvalue weighted by Gasteiger charge is 2.30. The normalized spacial score (nSPS) is 20.0. The van der Waals surface area contributed by atoms with E-state index in [4.69, 9.17) is 21.1 Å². The summed E-state index contributed by atoms with van der Waals surface area (Å²) in [6.07, 6.45) is 2.78. The number of carbonyl (C=O) groups excluding carboxylic acids is 1. The van der Waals surface area contributed by atoms with Crippen molar-refractivity contribution in [3.8, 4) is 0 Å². The molecule has 0 radical (unpaired) electrons. The summed E-state index contributed by atoms with van der Waals surface area (Å²) in [5, 5.41) is 0.308. The van der Waals surface area contributed by atoms with Crippen LogP contribution in [-0.4, -0.2) is 43.3 Å². The van der Waals surface area contributed by atoms with E-state index < -0.39 is 0 Å². The molecule has 3 heterocycles. The number of hydrogen-bond donors (Lipinski definition) is 0. The molecular weight excluding hydrogens is 364 g/mol. The standard InChI is InChI=1S/C16H13ClN4O3S/c17-14-13-15(19-8-18-14)21(9-20-13)11-7-25-12(24-11)6-23-16(22)10-4-2-1-3-5-10/h1-5,8-9,11-12H,6-7H2. The number of nitrogens with zero attached hydrogens (tertiary/aromatic N) is 4. The van der Waals surface area contributed by atoms with Gasteiger partial charge in [0.15, 0.2) is 10.8 Å². The van der Waals surface area contributed by atoms with Crippen molar-refractivity contribution in [2.45, 2.75) is 11.7 Å². The Labute approximate surface area is 152 Å². The Bertz CT molecular complexity index is 905. The Balaban J connectivity index is 1.40. The molecule has 2 unspecified atom stereocenters. The Morgan fingerprint density at radius 2 is 2.16 bits per heavy atom. The quantitative estimate of drug-likeness (QED) is 0.511. The molecule has 1 saturated heterocycles. The number of imidazole rings is 1. The van der Waals surface area contributed by atoms with Crippen LogP contribution in [0.1, 0.15) is 16.6 Å². The maximum absolute atomic E-state index is 12.0. The number of thioether (sulfide) groups is 1. The van der Waals surface area contributed by atoms with Crippen molar-refractivity contribution in [3.05, 3.63) is 53.7 Å². The van der Waals surface area contributed by atoms with Crippen LogP contribution in [0.3, 0.4) is 0 Å². The molecule has 0 aliphatic carbocycles. The smallest absolute Gasteiger partial charge is 0.338 e. The van der Waals surface area contributed by atoms with E-state index in [1.165, 1.54) is 6.33 Å². The summed E-state index contributed by atoms with van der Waals surface area (Å²) in [5.41, 5.74) is 1.44. The number of carbonyl (C=O) groups is 1. The molecule has 7 nitrogen and oxygen atoms in total. The number of esters is 1. The zero-order valence-corrected chi connectivity index (χ0v) is 14.5. The van der Waals surface area contributed by atoms with Gasteiger partial charge in [0.05, 0.1) is 11.9 Å². The van der Waals surface area contributed by atoms with Gasteiger partial charge in [-0.2, -0.15) is 0 Å². The van der Waals surface area contributed by atoms with Crippen molar-refractivity contribution in [1.82, 2.24) is 19.5 Å². The summed E-state index contributed by atoms with van der Waals surface area (Å²) in [6, 6.07) is 8.88. The molecule has 1 aliphatic rings. The maximum atomic E-state index is 12.0. The fourth-order valence-electron chi connectivity index (χ4n) is 2.51. The van der Waals surface area contributed by atoms with Crippen LogP contribution in [0.4, 0.5) is 0 Å². The Morgan fingerprint density at radius 3 is 3.00 bits per heavy atom. The third-order valence-corrected chi connectivity index (χ3v) is 5.09. The molecule has 1 aromatic carbocycles. The zero-order chi connectivity index (χ0) is 17.2. The minimum Gasteiger partial charge on any atom is -0.458 e. The lowest BCUT2D eigenvalue weighted by atomic mass is 10.2. The van der Waals surface area contributed by atoms with Gasteiger partial charge in [0, 0.05) is 5.75 Å². The molecule has 0 N–H and O–H groups in total. The molecule has 1 fully saturated rings. The second-order valence-corrected chi connectivity index (χ2v) is 6.86. The van der Waals surface area contributed by atoms with Gasteiger partial charge in [-0.1, -0.05) is 29.8 Å². The van der Waals surface area contributed by atoms with Gasteiger partial charge in [-0.05, 0) is 12.1 Å². The maximum Gasteiger partial charge on any atom is 0.338 e. The predicted octanol–water partition coefficient (Wildman–Crippen LogP) is 2.92. The van der Waals surface area contributed by atoms with Gasteiger partial charge in [-0.25, -0.2) is 19.7 Å². The molecule has 9 heteroatoms. The molecule has 25 heavy (non-hydrogen) atoms. The van der Waals surface area contributed by atoms with E-state index in [-0.39, 0.29) is 24.2 Å². The van der Waals surface area contributed by atoms with Gasteiger partial charge < -0.3 is 9.47 Å². The largest absolute Gasteiger partial charge is 0.458 e. The van der Waals surface area contributed by atoms with Gasteiger partial charge >= 0.3 is 5.97 Å². The Kier molecular flexibility index (Phi) is 4.56. The van der Waals surface area contributed by atoms with Crippen molar-refractivity contribution in [2.75, 3.05) is 12.4 Å². The van der Waals surface area contributed by atoms with Crippen LogP contribution in [-0.2, 0) is 9.47 Å². The first kappa shape index (κ1) is 16.3. The lowest BCUT2D eigenvalue weighted by molar-refractivity contribution is -0.0145. The van der Waals surface area contributed by atoms with E-state index in [2.05, 4.69) is 15.0 Å². The molecule has 2 aromatic heterocycles. The highest BCUT2D eigenvalue weighted by Crippen LogP contribution is 2.34. The van der Waals surface area contributed by atoms with Crippen LogP contribution in [0.25, 0.3) is 11.2 Å². The van der Waals surface area contributed by atoms with Crippen molar-refractivity contribution in [1.29, 1.82) is 0 Å². The molecule has 0 amide bonds. The van der Waals surface area contributed by atoms with E-state index in [1.54, 1.807) is 42.4 Å². The Morgan fingerprint density at radius 1 is 1.32 bits per heavy atom. The van der Waals surface area contributed by atoms with Crippen LogP contribution in [0.15, 0.2) is 43.0 Å². The molecule has 0 spiro atoms. The van der Waals surface area contributed by atoms with E-state index >= 15 is 0 Å². The van der Waals surface area contributed by atoms with Gasteiger partial charge in [-0.15, -0.1) is 11.8 Å². The van der Waals surface area contributed by atoms with Crippen LogP contribution >= 0.6 is 23.4 Å². The van der Waals surface area contributed by atoms with Gasteiger partial charge in [0.25, 0.3) is 0 Å². The molecular formula is C16H13ClN4O3S.